The van der Waals surface area contributed by atoms with Gasteiger partial charge >= 0.3 is 5.97 Å². The van der Waals surface area contributed by atoms with Crippen molar-refractivity contribution in [3.63, 3.8) is 0 Å². The smallest absolute Gasteiger partial charge is 0.352 e. The Kier molecular flexibility index (Phi) is 4.59. The van der Waals surface area contributed by atoms with Gasteiger partial charge < -0.3 is 14.6 Å². The Balaban J connectivity index is 2.63. The standard InChI is InChI=1S/C10H15IN2O2/c1-12(2)4-3-5-13-7-8(11)6-9(13)10(14)15/h6-7H,3-5H2,1-2H3,(H,14,15). The Morgan fingerprint density at radius 3 is 2.80 bits per heavy atom. The molecule has 0 atom stereocenters. The monoisotopic (exact) mass is 322 g/mol. The molecule has 5 heteroatoms. The Bertz CT molecular complexity index is 347. The first-order valence-corrected chi connectivity index (χ1v) is 5.82. The molecule has 15 heavy (non-hydrogen) atoms. The van der Waals surface area contributed by atoms with Crippen LogP contribution in [-0.2, 0) is 6.54 Å². The molecule has 0 bridgehead atoms. The van der Waals surface area contributed by atoms with E-state index in [2.05, 4.69) is 27.5 Å². The second-order valence-electron chi connectivity index (χ2n) is 3.70. The first kappa shape index (κ1) is 12.5. The molecular formula is C10H15IN2O2. The fourth-order valence-corrected chi connectivity index (χ4v) is 2.03. The number of rotatable bonds is 5. The van der Waals surface area contributed by atoms with Crippen molar-refractivity contribution >= 4 is 28.6 Å². The second kappa shape index (κ2) is 5.50. The maximum Gasteiger partial charge on any atom is 0.352 e. The summed E-state index contributed by atoms with van der Waals surface area (Å²) in [4.78, 5) is 13.0. The average molecular weight is 322 g/mol. The highest BCUT2D eigenvalue weighted by atomic mass is 127. The third-order valence-corrected chi connectivity index (χ3v) is 2.68. The lowest BCUT2D eigenvalue weighted by atomic mass is 10.3. The van der Waals surface area contributed by atoms with Crippen molar-refractivity contribution in [3.05, 3.63) is 21.5 Å². The summed E-state index contributed by atoms with van der Waals surface area (Å²) in [5.41, 5.74) is 0.373. The number of halogens is 1. The van der Waals surface area contributed by atoms with E-state index in [0.717, 1.165) is 23.1 Å². The van der Waals surface area contributed by atoms with Crippen LogP contribution >= 0.6 is 22.6 Å². The molecule has 4 nitrogen and oxygen atoms in total. The number of carbonyl (C=O) groups is 1. The Hall–Kier alpha value is -0.560. The molecular weight excluding hydrogens is 307 g/mol. The minimum atomic E-state index is -0.859. The molecule has 0 spiro atoms. The van der Waals surface area contributed by atoms with E-state index >= 15 is 0 Å². The minimum absolute atomic E-state index is 0.373. The van der Waals surface area contributed by atoms with Gasteiger partial charge in [0.05, 0.1) is 0 Å². The van der Waals surface area contributed by atoms with Crippen LogP contribution in [0.2, 0.25) is 0 Å². The molecule has 0 aliphatic rings. The lowest BCUT2D eigenvalue weighted by Crippen LogP contribution is -2.16. The molecule has 0 aliphatic heterocycles. The van der Waals surface area contributed by atoms with Crippen LogP contribution in [0.5, 0.6) is 0 Å². The maximum atomic E-state index is 10.9. The van der Waals surface area contributed by atoms with Gasteiger partial charge in [0, 0.05) is 16.3 Å². The van der Waals surface area contributed by atoms with Gasteiger partial charge in [0.1, 0.15) is 5.69 Å². The zero-order valence-electron chi connectivity index (χ0n) is 8.90. The maximum absolute atomic E-state index is 10.9. The normalized spacial score (nSPS) is 10.9. The molecule has 0 saturated heterocycles. The summed E-state index contributed by atoms with van der Waals surface area (Å²) < 4.78 is 2.77. The molecule has 0 aliphatic carbocycles. The molecule has 0 saturated carbocycles. The Morgan fingerprint density at radius 1 is 1.60 bits per heavy atom. The van der Waals surface area contributed by atoms with E-state index in [1.54, 1.807) is 10.6 Å². The van der Waals surface area contributed by atoms with Crippen molar-refractivity contribution in [1.82, 2.24) is 9.47 Å². The third-order valence-electron chi connectivity index (χ3n) is 2.09. The molecule has 1 aromatic heterocycles. The SMILES string of the molecule is CN(C)CCCn1cc(I)cc1C(=O)O. The summed E-state index contributed by atoms with van der Waals surface area (Å²) in [6.45, 7) is 1.72. The molecule has 1 heterocycles. The molecule has 1 N–H and O–H groups in total. The zero-order valence-corrected chi connectivity index (χ0v) is 11.1. The van der Waals surface area contributed by atoms with Crippen LogP contribution in [0.4, 0.5) is 0 Å². The van der Waals surface area contributed by atoms with Gasteiger partial charge in [-0.2, -0.15) is 0 Å². The van der Waals surface area contributed by atoms with Crippen LogP contribution < -0.4 is 0 Å². The molecule has 1 aromatic rings. The number of hydrogen-bond acceptors (Lipinski definition) is 2. The molecule has 0 radical (unpaired) electrons. The fraction of sp³-hybridized carbons (Fsp3) is 0.500. The highest BCUT2D eigenvalue weighted by Gasteiger charge is 2.10. The molecule has 0 unspecified atom stereocenters. The molecule has 1 rings (SSSR count). The van der Waals surface area contributed by atoms with Gasteiger partial charge in [0.2, 0.25) is 0 Å². The summed E-state index contributed by atoms with van der Waals surface area (Å²) >= 11 is 2.13. The number of nitrogens with zero attached hydrogens (tertiary/aromatic N) is 2. The van der Waals surface area contributed by atoms with Crippen LogP contribution in [0.3, 0.4) is 0 Å². The number of aromatic nitrogens is 1. The van der Waals surface area contributed by atoms with E-state index in [0.29, 0.717) is 5.69 Å². The average Bonchev–Trinajstić information content (AvgIpc) is 2.46. The lowest BCUT2D eigenvalue weighted by molar-refractivity contribution is 0.0685. The number of carboxylic acids is 1. The Morgan fingerprint density at radius 2 is 2.27 bits per heavy atom. The van der Waals surface area contributed by atoms with E-state index in [4.69, 9.17) is 5.11 Å². The van der Waals surface area contributed by atoms with Crippen molar-refractivity contribution in [2.45, 2.75) is 13.0 Å². The predicted molar refractivity (Wildman–Crippen MR) is 67.3 cm³/mol. The lowest BCUT2D eigenvalue weighted by Gasteiger charge is -2.10. The van der Waals surface area contributed by atoms with Gasteiger partial charge in [-0.25, -0.2) is 4.79 Å². The quantitative estimate of drug-likeness (QED) is 0.840. The van der Waals surface area contributed by atoms with Gasteiger partial charge in [-0.15, -0.1) is 0 Å². The second-order valence-corrected chi connectivity index (χ2v) is 4.94. The summed E-state index contributed by atoms with van der Waals surface area (Å²) in [5.74, 6) is -0.859. The van der Waals surface area contributed by atoms with E-state index in [9.17, 15) is 4.79 Å². The first-order valence-electron chi connectivity index (χ1n) is 4.74. The molecule has 84 valence electrons. The van der Waals surface area contributed by atoms with Crippen molar-refractivity contribution < 1.29 is 9.90 Å². The van der Waals surface area contributed by atoms with Crippen LogP contribution in [0.1, 0.15) is 16.9 Å². The summed E-state index contributed by atoms with van der Waals surface area (Å²) in [5, 5.41) is 8.95. The highest BCUT2D eigenvalue weighted by molar-refractivity contribution is 14.1. The molecule has 0 amide bonds. The van der Waals surface area contributed by atoms with Crippen molar-refractivity contribution in [3.8, 4) is 0 Å². The van der Waals surface area contributed by atoms with Crippen LogP contribution in [-0.4, -0.2) is 41.2 Å². The van der Waals surface area contributed by atoms with Gasteiger partial charge in [-0.05, 0) is 55.7 Å². The van der Waals surface area contributed by atoms with Crippen LogP contribution in [0.15, 0.2) is 12.3 Å². The topological polar surface area (TPSA) is 45.5 Å². The summed E-state index contributed by atoms with van der Waals surface area (Å²) in [7, 11) is 4.02. The highest BCUT2D eigenvalue weighted by Crippen LogP contribution is 2.11. The summed E-state index contributed by atoms with van der Waals surface area (Å²) in [6, 6.07) is 1.69. The fourth-order valence-electron chi connectivity index (χ4n) is 1.40. The van der Waals surface area contributed by atoms with Crippen molar-refractivity contribution in [2.24, 2.45) is 0 Å². The van der Waals surface area contributed by atoms with Gasteiger partial charge in [0.25, 0.3) is 0 Å². The molecule has 0 fully saturated rings. The van der Waals surface area contributed by atoms with E-state index in [-0.39, 0.29) is 0 Å². The summed E-state index contributed by atoms with van der Waals surface area (Å²) in [6.07, 6.45) is 2.83. The van der Waals surface area contributed by atoms with Gasteiger partial charge in [0.15, 0.2) is 0 Å². The van der Waals surface area contributed by atoms with Crippen molar-refractivity contribution in [1.29, 1.82) is 0 Å². The van der Waals surface area contributed by atoms with Gasteiger partial charge in [-0.1, -0.05) is 0 Å². The van der Waals surface area contributed by atoms with E-state index < -0.39 is 5.97 Å². The largest absolute Gasteiger partial charge is 0.477 e. The van der Waals surface area contributed by atoms with Crippen LogP contribution in [0.25, 0.3) is 0 Å². The first-order chi connectivity index (χ1) is 7.00. The van der Waals surface area contributed by atoms with E-state index in [1.165, 1.54) is 0 Å². The number of aromatic carboxylic acids is 1. The zero-order chi connectivity index (χ0) is 11.4. The number of aryl methyl sites for hydroxylation is 1. The van der Waals surface area contributed by atoms with Gasteiger partial charge in [-0.3, -0.25) is 0 Å². The molecule has 0 aromatic carbocycles. The minimum Gasteiger partial charge on any atom is -0.477 e. The number of carboxylic acid groups (broad SMARTS) is 1. The third kappa shape index (κ3) is 3.83. The van der Waals surface area contributed by atoms with Crippen molar-refractivity contribution in [2.75, 3.05) is 20.6 Å². The van der Waals surface area contributed by atoms with Crippen LogP contribution in [0, 0.1) is 3.57 Å². The predicted octanol–water partition coefficient (Wildman–Crippen LogP) is 1.74. The number of hydrogen-bond donors (Lipinski definition) is 1. The van der Waals surface area contributed by atoms with E-state index in [1.807, 2.05) is 20.3 Å². The Labute approximate surface area is 103 Å².